The van der Waals surface area contributed by atoms with E-state index in [2.05, 4.69) is 5.10 Å². The molecule has 0 aliphatic heterocycles. The summed E-state index contributed by atoms with van der Waals surface area (Å²) in [7, 11) is 0. The molecule has 7 heteroatoms. The molecule has 19 heavy (non-hydrogen) atoms. The van der Waals surface area contributed by atoms with E-state index in [1.54, 1.807) is 29.9 Å². The molecule has 2 aromatic heterocycles. The van der Waals surface area contributed by atoms with Crippen molar-refractivity contribution in [1.82, 2.24) is 14.3 Å². The van der Waals surface area contributed by atoms with Gasteiger partial charge in [-0.2, -0.15) is 10.4 Å². The maximum atomic E-state index is 11.2. The average Bonchev–Trinajstić information content (AvgIpc) is 2.92. The molecule has 0 bridgehead atoms. The first kappa shape index (κ1) is 12.8. The summed E-state index contributed by atoms with van der Waals surface area (Å²) in [6, 6.07) is 5.31. The Kier molecular flexibility index (Phi) is 3.33. The number of hydrogen-bond acceptors (Lipinski definition) is 4. The topological polar surface area (TPSA) is 89.7 Å². The van der Waals surface area contributed by atoms with Crippen LogP contribution in [0.2, 0.25) is 0 Å². The molecule has 0 unspecified atom stereocenters. The number of nitro groups is 1. The Bertz CT molecular complexity index is 662. The third-order valence-corrected chi connectivity index (χ3v) is 2.78. The highest BCUT2D eigenvalue weighted by molar-refractivity contribution is 5.53. The molecule has 0 N–H and O–H groups in total. The van der Waals surface area contributed by atoms with Crippen LogP contribution in [0.15, 0.2) is 18.3 Å². The molecule has 98 valence electrons. The van der Waals surface area contributed by atoms with Crippen LogP contribution in [0.25, 0.3) is 5.82 Å². The number of hydrogen-bond donors (Lipinski definition) is 0. The summed E-state index contributed by atoms with van der Waals surface area (Å²) in [6.07, 6.45) is 2.43. The van der Waals surface area contributed by atoms with Crippen molar-refractivity contribution in [3.63, 3.8) is 0 Å². The van der Waals surface area contributed by atoms with Crippen molar-refractivity contribution in [3.8, 4) is 11.9 Å². The highest BCUT2D eigenvalue weighted by Crippen LogP contribution is 2.28. The lowest BCUT2D eigenvalue weighted by atomic mass is 10.3. The SMILES string of the molecule is CCCn1nc(C)c([N+](=O)[O-])c1-n1cccc1C#N. The Hall–Kier alpha value is -2.62. The molecule has 0 saturated carbocycles. The molecule has 0 aromatic carbocycles. The van der Waals surface area contributed by atoms with Crippen LogP contribution in [0.3, 0.4) is 0 Å². The Balaban J connectivity index is 2.73. The Morgan fingerprint density at radius 2 is 2.32 bits per heavy atom. The fraction of sp³-hybridized carbons (Fsp3) is 0.333. The summed E-state index contributed by atoms with van der Waals surface area (Å²) in [4.78, 5) is 10.8. The average molecular weight is 259 g/mol. The van der Waals surface area contributed by atoms with Crippen molar-refractivity contribution < 1.29 is 4.92 Å². The quantitative estimate of drug-likeness (QED) is 0.621. The van der Waals surface area contributed by atoms with Gasteiger partial charge in [0.15, 0.2) is 0 Å². The molecule has 2 aromatic rings. The van der Waals surface area contributed by atoms with Crippen molar-refractivity contribution in [3.05, 3.63) is 39.8 Å². The fourth-order valence-electron chi connectivity index (χ4n) is 2.04. The van der Waals surface area contributed by atoms with Crippen molar-refractivity contribution in [2.45, 2.75) is 26.8 Å². The number of aromatic nitrogens is 3. The summed E-state index contributed by atoms with van der Waals surface area (Å²) < 4.78 is 3.09. The van der Waals surface area contributed by atoms with Gasteiger partial charge in [0.2, 0.25) is 5.82 Å². The van der Waals surface area contributed by atoms with E-state index < -0.39 is 4.92 Å². The zero-order valence-corrected chi connectivity index (χ0v) is 10.7. The van der Waals surface area contributed by atoms with E-state index in [1.165, 1.54) is 4.57 Å². The lowest BCUT2D eigenvalue weighted by Gasteiger charge is -2.07. The van der Waals surface area contributed by atoms with E-state index >= 15 is 0 Å². The summed E-state index contributed by atoms with van der Waals surface area (Å²) in [5.74, 6) is 0.339. The van der Waals surface area contributed by atoms with Crippen LogP contribution in [0.5, 0.6) is 0 Å². The van der Waals surface area contributed by atoms with Gasteiger partial charge in [-0.25, -0.2) is 4.68 Å². The van der Waals surface area contributed by atoms with E-state index in [1.807, 2.05) is 13.0 Å². The van der Waals surface area contributed by atoms with Gasteiger partial charge < -0.3 is 0 Å². The minimum absolute atomic E-state index is 0.0545. The first-order chi connectivity index (χ1) is 9.10. The molecule has 2 rings (SSSR count). The van der Waals surface area contributed by atoms with Crippen LogP contribution in [0, 0.1) is 28.4 Å². The normalized spacial score (nSPS) is 10.4. The molecule has 0 spiro atoms. The number of rotatable bonds is 4. The Morgan fingerprint density at radius 3 is 2.89 bits per heavy atom. The third-order valence-electron chi connectivity index (χ3n) is 2.78. The first-order valence-corrected chi connectivity index (χ1v) is 5.89. The molecule has 2 heterocycles. The second kappa shape index (κ2) is 4.94. The minimum Gasteiger partial charge on any atom is -0.287 e. The fourth-order valence-corrected chi connectivity index (χ4v) is 2.04. The molecular formula is C12H13N5O2. The van der Waals surface area contributed by atoms with Gasteiger partial charge in [0.25, 0.3) is 0 Å². The molecular weight excluding hydrogens is 246 g/mol. The Morgan fingerprint density at radius 1 is 1.58 bits per heavy atom. The standard InChI is InChI=1S/C12H13N5O2/c1-3-6-16-12(11(17(18)19)9(2)14-16)15-7-4-5-10(15)8-13/h4-5,7H,3,6H2,1-2H3. The number of nitrogens with zero attached hydrogens (tertiary/aromatic N) is 5. The predicted octanol–water partition coefficient (Wildman–Crippen LogP) is 2.17. The minimum atomic E-state index is -0.453. The zero-order valence-electron chi connectivity index (χ0n) is 10.7. The van der Waals surface area contributed by atoms with Crippen molar-refractivity contribution in [2.75, 3.05) is 0 Å². The van der Waals surface area contributed by atoms with Gasteiger partial charge in [-0.3, -0.25) is 14.7 Å². The van der Waals surface area contributed by atoms with Crippen LogP contribution in [-0.2, 0) is 6.54 Å². The van der Waals surface area contributed by atoms with Gasteiger partial charge in [-0.1, -0.05) is 6.92 Å². The molecule has 0 radical (unpaired) electrons. The summed E-state index contributed by atoms with van der Waals surface area (Å²) in [5.41, 5.74) is 0.646. The van der Waals surface area contributed by atoms with Crippen molar-refractivity contribution >= 4 is 5.69 Å². The van der Waals surface area contributed by atoms with Crippen LogP contribution in [0.1, 0.15) is 24.7 Å². The monoisotopic (exact) mass is 259 g/mol. The second-order valence-corrected chi connectivity index (χ2v) is 4.11. The van der Waals surface area contributed by atoms with Gasteiger partial charge in [-0.15, -0.1) is 0 Å². The number of nitriles is 1. The van der Waals surface area contributed by atoms with Gasteiger partial charge in [-0.05, 0) is 25.5 Å². The first-order valence-electron chi connectivity index (χ1n) is 5.89. The van der Waals surface area contributed by atoms with Gasteiger partial charge in [0.05, 0.1) is 4.92 Å². The van der Waals surface area contributed by atoms with Crippen LogP contribution >= 0.6 is 0 Å². The highest BCUT2D eigenvalue weighted by Gasteiger charge is 2.27. The summed E-state index contributed by atoms with van der Waals surface area (Å²) in [6.45, 7) is 4.13. The van der Waals surface area contributed by atoms with E-state index in [0.717, 1.165) is 6.42 Å². The molecule has 7 nitrogen and oxygen atoms in total. The summed E-state index contributed by atoms with van der Waals surface area (Å²) in [5, 5.41) is 24.5. The van der Waals surface area contributed by atoms with Gasteiger partial charge in [0.1, 0.15) is 17.5 Å². The zero-order chi connectivity index (χ0) is 14.0. The van der Waals surface area contributed by atoms with Crippen LogP contribution in [0.4, 0.5) is 5.69 Å². The molecule has 0 atom stereocenters. The molecule has 0 aliphatic carbocycles. The molecule has 0 fully saturated rings. The molecule has 0 aliphatic rings. The second-order valence-electron chi connectivity index (χ2n) is 4.11. The van der Waals surface area contributed by atoms with E-state index in [9.17, 15) is 10.1 Å². The lowest BCUT2D eigenvalue weighted by molar-refractivity contribution is -0.385. The third kappa shape index (κ3) is 2.08. The van der Waals surface area contributed by atoms with Crippen LogP contribution in [-0.4, -0.2) is 19.3 Å². The lowest BCUT2D eigenvalue weighted by Crippen LogP contribution is -2.09. The van der Waals surface area contributed by atoms with Crippen LogP contribution < -0.4 is 0 Å². The van der Waals surface area contributed by atoms with Gasteiger partial charge >= 0.3 is 5.69 Å². The van der Waals surface area contributed by atoms with E-state index in [0.29, 0.717) is 23.8 Å². The van der Waals surface area contributed by atoms with Gasteiger partial charge in [0, 0.05) is 12.7 Å². The highest BCUT2D eigenvalue weighted by atomic mass is 16.6. The summed E-state index contributed by atoms with van der Waals surface area (Å²) >= 11 is 0. The van der Waals surface area contributed by atoms with E-state index in [-0.39, 0.29) is 5.69 Å². The van der Waals surface area contributed by atoms with Crippen molar-refractivity contribution in [2.24, 2.45) is 0 Å². The predicted molar refractivity (Wildman–Crippen MR) is 68.0 cm³/mol. The largest absolute Gasteiger partial charge is 0.334 e. The number of aryl methyl sites for hydroxylation is 2. The van der Waals surface area contributed by atoms with E-state index in [4.69, 9.17) is 5.26 Å². The maximum absolute atomic E-state index is 11.2. The Labute approximate surface area is 109 Å². The molecule has 0 amide bonds. The van der Waals surface area contributed by atoms with Crippen molar-refractivity contribution in [1.29, 1.82) is 5.26 Å². The molecule has 0 saturated heterocycles. The smallest absolute Gasteiger partial charge is 0.287 e. The maximum Gasteiger partial charge on any atom is 0.334 e.